The third-order valence-electron chi connectivity index (χ3n) is 5.76. The minimum Gasteiger partial charge on any atom is -0.466 e. The molecule has 1 atom stereocenters. The zero-order valence-corrected chi connectivity index (χ0v) is 26.4. The summed E-state index contributed by atoms with van der Waals surface area (Å²) in [5.74, 6) is -4.06. The molecule has 0 aliphatic rings. The van der Waals surface area contributed by atoms with Gasteiger partial charge in [0.15, 0.2) is 0 Å². The maximum absolute atomic E-state index is 12.4. The van der Waals surface area contributed by atoms with Crippen molar-refractivity contribution in [2.24, 2.45) is 0 Å². The molecule has 0 aromatic heterocycles. The topological polar surface area (TPSA) is 137 Å². The highest BCUT2D eigenvalue weighted by molar-refractivity contribution is 5.97. The Balaban J connectivity index is 4.34. The number of ether oxygens (including phenoxy) is 3. The van der Waals surface area contributed by atoms with Crippen LogP contribution in [0.2, 0.25) is 0 Å². The van der Waals surface area contributed by atoms with E-state index in [0.29, 0.717) is 6.42 Å². The molecule has 0 saturated carbocycles. The van der Waals surface area contributed by atoms with Crippen molar-refractivity contribution >= 4 is 29.7 Å². The molecule has 10 heteroatoms. The summed E-state index contributed by atoms with van der Waals surface area (Å²) in [7, 11) is 2.20. The third-order valence-corrected chi connectivity index (χ3v) is 5.76. The fourth-order valence-corrected chi connectivity index (χ4v) is 3.38. The molecule has 0 aromatic rings. The summed E-state index contributed by atoms with van der Waals surface area (Å²) in [4.78, 5) is 60.2. The van der Waals surface area contributed by atoms with Gasteiger partial charge in [0, 0.05) is 25.0 Å². The summed E-state index contributed by atoms with van der Waals surface area (Å²) in [6.07, 6.45) is 32.9. The van der Waals surface area contributed by atoms with E-state index in [0.717, 1.165) is 64.9 Å². The molecule has 0 fully saturated rings. The largest absolute Gasteiger partial charge is 0.466 e. The van der Waals surface area contributed by atoms with Crippen LogP contribution in [0.25, 0.3) is 0 Å². The van der Waals surface area contributed by atoms with E-state index in [1.807, 2.05) is 12.2 Å². The lowest BCUT2D eigenvalue weighted by Gasteiger charge is -2.29. The highest BCUT2D eigenvalue weighted by Crippen LogP contribution is 2.15. The number of esters is 3. The molecule has 242 valence electrons. The van der Waals surface area contributed by atoms with Crippen molar-refractivity contribution < 1.29 is 38.2 Å². The molecule has 0 heterocycles. The molecule has 44 heavy (non-hydrogen) atoms. The Morgan fingerprint density at radius 3 is 1.61 bits per heavy atom. The highest BCUT2D eigenvalue weighted by atomic mass is 16.6. The monoisotopic (exact) mass is 612 g/mol. The minimum atomic E-state index is -2.14. The van der Waals surface area contributed by atoms with E-state index in [1.165, 1.54) is 6.92 Å². The minimum absolute atomic E-state index is 0.153. The van der Waals surface area contributed by atoms with Crippen molar-refractivity contribution in [2.75, 3.05) is 20.8 Å². The van der Waals surface area contributed by atoms with Gasteiger partial charge in [-0.25, -0.2) is 9.59 Å². The predicted molar refractivity (Wildman–Crippen MR) is 171 cm³/mol. The van der Waals surface area contributed by atoms with Gasteiger partial charge < -0.3 is 24.8 Å². The van der Waals surface area contributed by atoms with Crippen LogP contribution in [0.4, 0.5) is 0 Å². The highest BCUT2D eigenvalue weighted by Gasteiger charge is 2.43. The first-order valence-electron chi connectivity index (χ1n) is 14.8. The molecule has 1 unspecified atom stereocenters. The first kappa shape index (κ1) is 39.5. The molecule has 0 saturated heterocycles. The van der Waals surface area contributed by atoms with Gasteiger partial charge in [-0.05, 0) is 44.9 Å². The van der Waals surface area contributed by atoms with Crippen LogP contribution in [0, 0.1) is 0 Å². The first-order chi connectivity index (χ1) is 21.2. The molecule has 0 radical (unpaired) electrons. The Labute approximate surface area is 261 Å². The van der Waals surface area contributed by atoms with Gasteiger partial charge in [0.05, 0.1) is 14.2 Å². The van der Waals surface area contributed by atoms with E-state index in [4.69, 9.17) is 4.74 Å². The maximum Gasteiger partial charge on any atom is 0.372 e. The molecule has 0 rings (SSSR count). The second-order valence-corrected chi connectivity index (χ2v) is 9.22. The van der Waals surface area contributed by atoms with Crippen molar-refractivity contribution in [1.29, 1.82) is 0 Å². The lowest BCUT2D eigenvalue weighted by molar-refractivity contribution is -0.186. The summed E-state index contributed by atoms with van der Waals surface area (Å²) >= 11 is 0. The second kappa shape index (κ2) is 26.2. The Bertz CT molecular complexity index is 1100. The van der Waals surface area contributed by atoms with E-state index in [-0.39, 0.29) is 18.7 Å². The summed E-state index contributed by atoms with van der Waals surface area (Å²) < 4.78 is 14.3. The van der Waals surface area contributed by atoms with E-state index >= 15 is 0 Å². The van der Waals surface area contributed by atoms with Crippen LogP contribution in [0.15, 0.2) is 85.1 Å². The molecule has 2 N–H and O–H groups in total. The molecule has 0 aliphatic heterocycles. The molecule has 0 aliphatic carbocycles. The molecular weight excluding hydrogens is 564 g/mol. The average molecular weight is 613 g/mol. The van der Waals surface area contributed by atoms with E-state index in [9.17, 15) is 24.0 Å². The number of amides is 2. The van der Waals surface area contributed by atoms with Gasteiger partial charge in [-0.2, -0.15) is 0 Å². The normalized spacial score (nSPS) is 13.5. The standard InChI is InChI=1S/C34H48N2O8/c1-5-7-8-9-10-11-12-13-14-15-16-17-18-19-20-21-22-23-24-25-29(37)35-28-32(40)44-34(6-2,33(41)43-4)36-30(38)26-27-31(39)42-3/h7-8,10-11,13-14,16-17,19-20,22-23,26-27H,5-6,9,12,15,18,21,24-25,28H2,1-4H3,(H,35,37)(H,36,38)/b8-7-,11-10-,14-13-,17-16-,20-19-,23-22-,27-26?. The van der Waals surface area contributed by atoms with Crippen molar-refractivity contribution in [3.05, 3.63) is 85.1 Å². The SMILES string of the molecule is CC/C=C\C/C=C\C/C=C\C/C=C\C/C=C\C/C=C\CCC(=O)NCC(=O)OC(CC)(NC(=O)C=CC(=O)OC)C(=O)OC. The average Bonchev–Trinajstić information content (AvgIpc) is 3.02. The van der Waals surface area contributed by atoms with Crippen LogP contribution in [0.5, 0.6) is 0 Å². The van der Waals surface area contributed by atoms with Crippen LogP contribution in [-0.4, -0.2) is 56.2 Å². The van der Waals surface area contributed by atoms with Crippen molar-refractivity contribution in [3.63, 3.8) is 0 Å². The quantitative estimate of drug-likeness (QED) is 0.0556. The molecule has 0 aromatic carbocycles. The van der Waals surface area contributed by atoms with Gasteiger partial charge in [-0.3, -0.25) is 14.4 Å². The van der Waals surface area contributed by atoms with E-state index in [2.05, 4.69) is 87.8 Å². The number of rotatable bonds is 22. The van der Waals surface area contributed by atoms with Crippen LogP contribution in [-0.2, 0) is 38.2 Å². The summed E-state index contributed by atoms with van der Waals surface area (Å²) in [6.45, 7) is 3.10. The lowest BCUT2D eigenvalue weighted by atomic mass is 10.1. The summed E-state index contributed by atoms with van der Waals surface area (Å²) in [6, 6.07) is 0. The number of hydrogen-bond donors (Lipinski definition) is 2. The van der Waals surface area contributed by atoms with Gasteiger partial charge in [-0.1, -0.05) is 86.8 Å². The number of carbonyl (C=O) groups excluding carboxylic acids is 5. The number of carbonyl (C=O) groups is 5. The molecule has 0 spiro atoms. The van der Waals surface area contributed by atoms with E-state index in [1.54, 1.807) is 0 Å². The number of allylic oxidation sites excluding steroid dienone is 12. The van der Waals surface area contributed by atoms with Crippen LogP contribution < -0.4 is 10.6 Å². The first-order valence-corrected chi connectivity index (χ1v) is 14.8. The number of methoxy groups -OCH3 is 2. The fraction of sp³-hybridized carbons (Fsp3) is 0.441. The third kappa shape index (κ3) is 20.4. The van der Waals surface area contributed by atoms with Crippen LogP contribution >= 0.6 is 0 Å². The Morgan fingerprint density at radius 2 is 1.16 bits per heavy atom. The van der Waals surface area contributed by atoms with Crippen LogP contribution in [0.3, 0.4) is 0 Å². The molecule has 0 bridgehead atoms. The molecule has 2 amide bonds. The number of hydrogen-bond acceptors (Lipinski definition) is 8. The fourth-order valence-electron chi connectivity index (χ4n) is 3.38. The van der Waals surface area contributed by atoms with Gasteiger partial charge in [0.2, 0.25) is 11.8 Å². The predicted octanol–water partition coefficient (Wildman–Crippen LogP) is 5.25. The van der Waals surface area contributed by atoms with Crippen molar-refractivity contribution in [2.45, 2.75) is 77.4 Å². The van der Waals surface area contributed by atoms with Gasteiger partial charge >= 0.3 is 17.9 Å². The Hall–Kier alpha value is -4.47. The smallest absolute Gasteiger partial charge is 0.372 e. The Kier molecular flexibility index (Phi) is 23.5. The Morgan fingerprint density at radius 1 is 0.659 bits per heavy atom. The second-order valence-electron chi connectivity index (χ2n) is 9.22. The summed E-state index contributed by atoms with van der Waals surface area (Å²) in [5.41, 5.74) is -2.14. The zero-order valence-electron chi connectivity index (χ0n) is 26.4. The molecule has 10 nitrogen and oxygen atoms in total. The van der Waals surface area contributed by atoms with E-state index < -0.39 is 36.1 Å². The summed E-state index contributed by atoms with van der Waals surface area (Å²) in [5, 5.41) is 4.66. The zero-order chi connectivity index (χ0) is 32.9. The number of nitrogens with one attached hydrogen (secondary N) is 2. The van der Waals surface area contributed by atoms with Gasteiger partial charge in [0.25, 0.3) is 5.72 Å². The van der Waals surface area contributed by atoms with Crippen LogP contribution in [0.1, 0.15) is 71.6 Å². The van der Waals surface area contributed by atoms with Gasteiger partial charge in [0.1, 0.15) is 6.54 Å². The molecular formula is C34H48N2O8. The van der Waals surface area contributed by atoms with Crippen molar-refractivity contribution in [3.8, 4) is 0 Å². The lowest BCUT2D eigenvalue weighted by Crippen LogP contribution is -2.58. The van der Waals surface area contributed by atoms with Crippen molar-refractivity contribution in [1.82, 2.24) is 10.6 Å². The van der Waals surface area contributed by atoms with Gasteiger partial charge in [-0.15, -0.1) is 0 Å². The maximum atomic E-state index is 12.4.